The third-order valence-corrected chi connectivity index (χ3v) is 4.10. The van der Waals surface area contributed by atoms with Gasteiger partial charge in [0.25, 0.3) is 11.8 Å². The minimum atomic E-state index is -0.482. The van der Waals surface area contributed by atoms with Crippen LogP contribution in [0.5, 0.6) is 11.5 Å². The van der Waals surface area contributed by atoms with Crippen LogP contribution in [0.15, 0.2) is 36.4 Å². The van der Waals surface area contributed by atoms with Crippen molar-refractivity contribution in [3.8, 4) is 11.5 Å². The number of amides is 2. The van der Waals surface area contributed by atoms with Crippen molar-refractivity contribution >= 4 is 23.4 Å². The Morgan fingerprint density at radius 2 is 1.69 bits per heavy atom. The van der Waals surface area contributed by atoms with Gasteiger partial charge in [-0.1, -0.05) is 17.7 Å². The molecule has 0 saturated heterocycles. The fourth-order valence-electron chi connectivity index (χ4n) is 2.27. The maximum Gasteiger partial charge on any atom is 0.276 e. The zero-order chi connectivity index (χ0) is 19.1. The van der Waals surface area contributed by atoms with E-state index in [4.69, 9.17) is 21.1 Å². The van der Waals surface area contributed by atoms with E-state index in [2.05, 4.69) is 10.9 Å². The first kappa shape index (κ1) is 19.6. The molecule has 2 aromatic carbocycles. The predicted molar refractivity (Wildman–Crippen MR) is 99.6 cm³/mol. The van der Waals surface area contributed by atoms with Crippen LogP contribution in [0.2, 0.25) is 5.02 Å². The lowest BCUT2D eigenvalue weighted by molar-refractivity contribution is -0.123. The summed E-state index contributed by atoms with van der Waals surface area (Å²) in [5.74, 6) is 0.196. The number of hydrogen-bond acceptors (Lipinski definition) is 4. The fourth-order valence-corrected chi connectivity index (χ4v) is 2.38. The van der Waals surface area contributed by atoms with Gasteiger partial charge in [-0.05, 0) is 62.2 Å². The summed E-state index contributed by atoms with van der Waals surface area (Å²) in [5.41, 5.74) is 6.76. The molecule has 0 heterocycles. The molecule has 2 amide bonds. The van der Waals surface area contributed by atoms with Crippen molar-refractivity contribution in [1.29, 1.82) is 0 Å². The third kappa shape index (κ3) is 5.39. The molecule has 26 heavy (non-hydrogen) atoms. The average molecular weight is 377 g/mol. The molecule has 0 fully saturated rings. The number of hydrogen-bond donors (Lipinski definition) is 2. The minimum absolute atomic E-state index is 0.236. The summed E-state index contributed by atoms with van der Waals surface area (Å²) in [6.45, 7) is 5.84. The molecule has 0 aliphatic carbocycles. The number of ether oxygens (including phenoxy) is 2. The number of carbonyl (C=O) groups excluding carboxylic acids is 2. The Morgan fingerprint density at radius 3 is 2.35 bits per heavy atom. The van der Waals surface area contributed by atoms with Gasteiger partial charge in [-0.2, -0.15) is 0 Å². The quantitative estimate of drug-likeness (QED) is 0.759. The predicted octanol–water partition coefficient (Wildman–Crippen LogP) is 3.20. The van der Waals surface area contributed by atoms with Gasteiger partial charge in [-0.25, -0.2) is 0 Å². The molecule has 138 valence electrons. The molecule has 0 aliphatic heterocycles. The summed E-state index contributed by atoms with van der Waals surface area (Å²) in [5, 5.41) is 0.670. The summed E-state index contributed by atoms with van der Waals surface area (Å²) in [6, 6.07) is 10.2. The van der Waals surface area contributed by atoms with Gasteiger partial charge in [-0.15, -0.1) is 0 Å². The van der Waals surface area contributed by atoms with Crippen LogP contribution in [0, 0.1) is 13.8 Å². The Labute approximate surface area is 157 Å². The molecule has 7 heteroatoms. The highest BCUT2D eigenvalue weighted by Crippen LogP contribution is 2.25. The smallest absolute Gasteiger partial charge is 0.276 e. The largest absolute Gasteiger partial charge is 0.494 e. The Hall–Kier alpha value is -2.73. The van der Waals surface area contributed by atoms with Crippen molar-refractivity contribution < 1.29 is 19.1 Å². The maximum atomic E-state index is 12.1. The number of halogens is 1. The molecule has 6 nitrogen and oxygen atoms in total. The lowest BCUT2D eigenvalue weighted by Crippen LogP contribution is -2.43. The van der Waals surface area contributed by atoms with E-state index >= 15 is 0 Å². The van der Waals surface area contributed by atoms with Gasteiger partial charge in [-0.3, -0.25) is 20.4 Å². The van der Waals surface area contributed by atoms with E-state index in [9.17, 15) is 9.59 Å². The molecule has 2 aromatic rings. The van der Waals surface area contributed by atoms with E-state index in [0.717, 1.165) is 11.1 Å². The van der Waals surface area contributed by atoms with Crippen LogP contribution >= 0.6 is 11.6 Å². The molecule has 2 rings (SSSR count). The Kier molecular flexibility index (Phi) is 6.86. The SMILES string of the molecule is CCOc1cccc(C(=O)NNC(=O)COc2cc(C)c(Cl)c(C)c2)c1. The monoisotopic (exact) mass is 376 g/mol. The normalized spacial score (nSPS) is 10.2. The number of rotatable bonds is 6. The molecule has 0 aliphatic rings. The van der Waals surface area contributed by atoms with E-state index in [1.54, 1.807) is 36.4 Å². The molecule has 0 radical (unpaired) electrons. The van der Waals surface area contributed by atoms with Gasteiger partial charge < -0.3 is 9.47 Å². The second-order valence-corrected chi connectivity index (χ2v) is 6.00. The van der Waals surface area contributed by atoms with Crippen LogP contribution in [-0.2, 0) is 4.79 Å². The summed E-state index contributed by atoms with van der Waals surface area (Å²) in [6.07, 6.45) is 0. The molecule has 0 atom stereocenters. The Bertz CT molecular complexity index is 785. The van der Waals surface area contributed by atoms with Gasteiger partial charge in [0.15, 0.2) is 6.61 Å². The first-order valence-electron chi connectivity index (χ1n) is 8.12. The number of carbonyl (C=O) groups is 2. The summed E-state index contributed by atoms with van der Waals surface area (Å²) in [4.78, 5) is 23.9. The van der Waals surface area contributed by atoms with Gasteiger partial charge in [0, 0.05) is 10.6 Å². The highest BCUT2D eigenvalue weighted by Gasteiger charge is 2.10. The molecule has 0 saturated carbocycles. The van der Waals surface area contributed by atoms with Crippen molar-refractivity contribution in [3.63, 3.8) is 0 Å². The van der Waals surface area contributed by atoms with Crippen LogP contribution in [0.4, 0.5) is 0 Å². The van der Waals surface area contributed by atoms with E-state index in [0.29, 0.717) is 28.7 Å². The zero-order valence-electron chi connectivity index (χ0n) is 14.9. The lowest BCUT2D eigenvalue weighted by Gasteiger charge is -2.11. The Morgan fingerprint density at radius 1 is 1.00 bits per heavy atom. The van der Waals surface area contributed by atoms with Crippen molar-refractivity contribution in [2.24, 2.45) is 0 Å². The second kappa shape index (κ2) is 9.10. The van der Waals surface area contributed by atoms with Crippen molar-refractivity contribution in [3.05, 3.63) is 58.1 Å². The standard InChI is InChI=1S/C19H21ClN2O4/c1-4-25-15-7-5-6-14(10-15)19(24)22-21-17(23)11-26-16-8-12(2)18(20)13(3)9-16/h5-10H,4,11H2,1-3H3,(H,21,23)(H,22,24). The van der Waals surface area contributed by atoms with Gasteiger partial charge in [0.05, 0.1) is 6.61 Å². The van der Waals surface area contributed by atoms with Crippen LogP contribution in [0.1, 0.15) is 28.4 Å². The van der Waals surface area contributed by atoms with Gasteiger partial charge in [0.2, 0.25) is 0 Å². The number of nitrogens with one attached hydrogen (secondary N) is 2. The Balaban J connectivity index is 1.85. The third-order valence-electron chi connectivity index (χ3n) is 3.50. The summed E-state index contributed by atoms with van der Waals surface area (Å²) in [7, 11) is 0. The maximum absolute atomic E-state index is 12.1. The molecular weight excluding hydrogens is 356 g/mol. The topological polar surface area (TPSA) is 76.7 Å². The summed E-state index contributed by atoms with van der Waals surface area (Å²) < 4.78 is 10.8. The van der Waals surface area contributed by atoms with Crippen LogP contribution < -0.4 is 20.3 Å². The van der Waals surface area contributed by atoms with Crippen molar-refractivity contribution in [2.45, 2.75) is 20.8 Å². The lowest BCUT2D eigenvalue weighted by atomic mass is 10.1. The van der Waals surface area contributed by atoms with Gasteiger partial charge >= 0.3 is 0 Å². The van der Waals surface area contributed by atoms with Crippen molar-refractivity contribution in [1.82, 2.24) is 10.9 Å². The molecule has 0 spiro atoms. The van der Waals surface area contributed by atoms with Gasteiger partial charge in [0.1, 0.15) is 11.5 Å². The van der Waals surface area contributed by atoms with Crippen molar-refractivity contribution in [2.75, 3.05) is 13.2 Å². The first-order chi connectivity index (χ1) is 12.4. The van der Waals surface area contributed by atoms with E-state index in [1.165, 1.54) is 0 Å². The average Bonchev–Trinajstić information content (AvgIpc) is 2.62. The summed E-state index contributed by atoms with van der Waals surface area (Å²) >= 11 is 6.09. The molecule has 0 unspecified atom stereocenters. The number of aryl methyl sites for hydroxylation is 2. The van der Waals surface area contributed by atoms with Crippen LogP contribution in [-0.4, -0.2) is 25.0 Å². The fraction of sp³-hybridized carbons (Fsp3) is 0.263. The molecule has 2 N–H and O–H groups in total. The van der Waals surface area contributed by atoms with E-state index < -0.39 is 11.8 Å². The minimum Gasteiger partial charge on any atom is -0.494 e. The molecule has 0 aromatic heterocycles. The molecule has 0 bridgehead atoms. The number of hydrazine groups is 1. The first-order valence-corrected chi connectivity index (χ1v) is 8.50. The van der Waals surface area contributed by atoms with Crippen LogP contribution in [0.3, 0.4) is 0 Å². The molecular formula is C19H21ClN2O4. The zero-order valence-corrected chi connectivity index (χ0v) is 15.6. The van der Waals surface area contributed by atoms with E-state index in [1.807, 2.05) is 20.8 Å². The number of benzene rings is 2. The highest BCUT2D eigenvalue weighted by atomic mass is 35.5. The second-order valence-electron chi connectivity index (χ2n) is 5.62. The van der Waals surface area contributed by atoms with Crippen LogP contribution in [0.25, 0.3) is 0 Å². The highest BCUT2D eigenvalue weighted by molar-refractivity contribution is 6.32. The van der Waals surface area contributed by atoms with E-state index in [-0.39, 0.29) is 6.61 Å².